The molecule has 0 aromatic rings. The van der Waals surface area contributed by atoms with E-state index in [4.69, 9.17) is 19.6 Å². The molecule has 2 saturated heterocycles. The molecule has 42 heavy (non-hydrogen) atoms. The molecule has 0 atom stereocenters. The molecule has 0 aliphatic carbocycles. The number of alkyl halides is 2. The second kappa shape index (κ2) is 33.9. The number of rotatable bonds is 3. The summed E-state index contributed by atoms with van der Waals surface area (Å²) in [6, 6.07) is 0. The third-order valence-electron chi connectivity index (χ3n) is 3.48. The molecule has 2 rings (SSSR count). The van der Waals surface area contributed by atoms with Gasteiger partial charge in [-0.05, 0) is 80.1 Å². The number of amides is 2. The summed E-state index contributed by atoms with van der Waals surface area (Å²) in [6.07, 6.45) is 5.83. The standard InChI is InChI=1S/C9H17NO3.C5H11NO3.C4H8Br2.C4H9NO.C4H9O.2ClH.K/c1-9(2,3)13-8(11)10-6-4-5-7-12-10;1-5(2,3)9-4(7)6-8;5-3-1-2-4-6;1-2-4-6-5-3-1;1-4(2,3)5;;;/h4-7H2,1-3H3;8H,1-3H3,(H,6,7);1-4H2;5H,1-4H2;1-3H3;2*1H;/q;;;;-1;;;+1. The zero-order valence-electron chi connectivity index (χ0n) is 27.3. The minimum absolute atomic E-state index is 0. The van der Waals surface area contributed by atoms with Crippen LogP contribution >= 0.6 is 56.7 Å². The summed E-state index contributed by atoms with van der Waals surface area (Å²) < 4.78 is 9.73. The van der Waals surface area contributed by atoms with E-state index >= 15 is 0 Å². The number of hydroxylamine groups is 4. The molecule has 0 aromatic heterocycles. The fraction of sp³-hybridized carbons (Fsp3) is 0.923. The Morgan fingerprint density at radius 2 is 1.33 bits per heavy atom. The van der Waals surface area contributed by atoms with Gasteiger partial charge in [0.2, 0.25) is 0 Å². The van der Waals surface area contributed by atoms with Gasteiger partial charge in [0.25, 0.3) is 0 Å². The van der Waals surface area contributed by atoms with Gasteiger partial charge in [0.05, 0.1) is 19.8 Å². The molecule has 0 saturated carbocycles. The second-order valence-corrected chi connectivity index (χ2v) is 13.0. The van der Waals surface area contributed by atoms with Crippen LogP contribution in [0.5, 0.6) is 0 Å². The number of carbonyl (C=O) groups is 2. The van der Waals surface area contributed by atoms with E-state index in [1.165, 1.54) is 36.2 Å². The van der Waals surface area contributed by atoms with Gasteiger partial charge in [-0.3, -0.25) is 10.0 Å². The van der Waals surface area contributed by atoms with Crippen LogP contribution in [0.1, 0.15) is 101 Å². The van der Waals surface area contributed by atoms with Crippen LogP contribution in [-0.2, 0) is 19.1 Å². The van der Waals surface area contributed by atoms with Crippen molar-refractivity contribution >= 4 is 68.9 Å². The van der Waals surface area contributed by atoms with Gasteiger partial charge in [-0.2, -0.15) is 5.06 Å². The van der Waals surface area contributed by atoms with Crippen molar-refractivity contribution in [1.29, 1.82) is 0 Å². The van der Waals surface area contributed by atoms with Crippen molar-refractivity contribution in [3.63, 3.8) is 0 Å². The van der Waals surface area contributed by atoms with Crippen molar-refractivity contribution < 1.29 is 90.4 Å². The fourth-order valence-electron chi connectivity index (χ4n) is 2.06. The van der Waals surface area contributed by atoms with Crippen LogP contribution in [0, 0.1) is 0 Å². The molecule has 3 N–H and O–H groups in total. The van der Waals surface area contributed by atoms with Gasteiger partial charge < -0.3 is 19.4 Å². The van der Waals surface area contributed by atoms with Crippen molar-refractivity contribution in [2.75, 3.05) is 37.0 Å². The average Bonchev–Trinajstić information content (AvgIpc) is 2.82. The Labute approximate surface area is 326 Å². The predicted octanol–water partition coefficient (Wildman–Crippen LogP) is 3.70. The predicted molar refractivity (Wildman–Crippen MR) is 174 cm³/mol. The molecule has 252 valence electrons. The molecule has 11 nitrogen and oxygen atoms in total. The summed E-state index contributed by atoms with van der Waals surface area (Å²) in [7, 11) is 0. The topological polar surface area (TPSA) is 142 Å². The largest absolute Gasteiger partial charge is 1.00 e. The SMILES string of the molecule is BrCCCCBr.C1CCONC1.CC(C)(C)OC(=O)N1CCCCO1.CC(C)(C)OC(=O)NO.CC(C)(C)[O-].Cl.Cl.[K+]. The van der Waals surface area contributed by atoms with Crippen molar-refractivity contribution in [3.05, 3.63) is 0 Å². The molecular formula is C26H56Br2Cl2KN3O8. The van der Waals surface area contributed by atoms with Gasteiger partial charge in [0.15, 0.2) is 0 Å². The third-order valence-corrected chi connectivity index (χ3v) is 4.61. The third kappa shape index (κ3) is 57.2. The van der Waals surface area contributed by atoms with Crippen LogP contribution < -0.4 is 67.5 Å². The van der Waals surface area contributed by atoms with Crippen LogP contribution in [0.25, 0.3) is 0 Å². The van der Waals surface area contributed by atoms with Crippen LogP contribution in [0.4, 0.5) is 9.59 Å². The number of carbonyl (C=O) groups excluding carboxylic acids is 2. The zero-order valence-corrected chi connectivity index (χ0v) is 35.2. The summed E-state index contributed by atoms with van der Waals surface area (Å²) in [6.45, 7) is 18.7. The number of hydrogen-bond donors (Lipinski definition) is 3. The summed E-state index contributed by atoms with van der Waals surface area (Å²) in [5.41, 5.74) is 2.40. The number of unbranched alkanes of at least 4 members (excludes halogenated alkanes) is 1. The van der Waals surface area contributed by atoms with Crippen molar-refractivity contribution in [1.82, 2.24) is 16.0 Å². The van der Waals surface area contributed by atoms with Gasteiger partial charge in [-0.25, -0.2) is 20.5 Å². The molecule has 0 radical (unpaired) electrons. The first-order valence-corrected chi connectivity index (χ1v) is 15.5. The van der Waals surface area contributed by atoms with Crippen LogP contribution in [-0.4, -0.2) is 76.2 Å². The Balaban J connectivity index is -0.0000000994. The normalized spacial score (nSPS) is 14.2. The Morgan fingerprint density at radius 3 is 1.55 bits per heavy atom. The first-order chi connectivity index (χ1) is 17.9. The van der Waals surface area contributed by atoms with E-state index in [0.29, 0.717) is 13.2 Å². The van der Waals surface area contributed by atoms with Crippen molar-refractivity contribution in [2.45, 2.75) is 118 Å². The summed E-state index contributed by atoms with van der Waals surface area (Å²) in [4.78, 5) is 31.6. The maximum absolute atomic E-state index is 11.4. The van der Waals surface area contributed by atoms with Crippen LogP contribution in [0.15, 0.2) is 0 Å². The fourth-order valence-corrected chi connectivity index (χ4v) is 2.85. The summed E-state index contributed by atoms with van der Waals surface area (Å²) in [5.74, 6) is 0. The van der Waals surface area contributed by atoms with E-state index < -0.39 is 22.9 Å². The second-order valence-electron chi connectivity index (χ2n) is 11.4. The van der Waals surface area contributed by atoms with E-state index in [1.807, 2.05) is 20.8 Å². The van der Waals surface area contributed by atoms with Gasteiger partial charge in [-0.1, -0.05) is 52.6 Å². The molecule has 16 heteroatoms. The molecule has 0 aromatic carbocycles. The minimum atomic E-state index is -0.831. The minimum Gasteiger partial charge on any atom is -0.850 e. The van der Waals surface area contributed by atoms with Gasteiger partial charge in [-0.15, -0.1) is 30.4 Å². The smallest absolute Gasteiger partial charge is 0.850 e. The molecule has 2 fully saturated rings. The van der Waals surface area contributed by atoms with E-state index in [1.54, 1.807) is 41.5 Å². The number of halogens is 4. The monoisotopic (exact) mass is 805 g/mol. The van der Waals surface area contributed by atoms with Gasteiger partial charge >= 0.3 is 63.6 Å². The van der Waals surface area contributed by atoms with Gasteiger partial charge in [0, 0.05) is 17.2 Å². The molecular weight excluding hydrogens is 752 g/mol. The maximum Gasteiger partial charge on any atom is 1.00 e. The first-order valence-electron chi connectivity index (χ1n) is 13.3. The summed E-state index contributed by atoms with van der Waals surface area (Å²) >= 11 is 6.66. The van der Waals surface area contributed by atoms with E-state index in [-0.39, 0.29) is 82.3 Å². The number of nitrogens with zero attached hydrogens (tertiary/aromatic N) is 1. The average molecular weight is 809 g/mol. The van der Waals surface area contributed by atoms with Crippen LogP contribution in [0.2, 0.25) is 0 Å². The van der Waals surface area contributed by atoms with Crippen molar-refractivity contribution in [2.24, 2.45) is 0 Å². The maximum atomic E-state index is 11.4. The molecule has 0 unspecified atom stereocenters. The summed E-state index contributed by atoms with van der Waals surface area (Å²) in [5, 5.41) is 21.7. The van der Waals surface area contributed by atoms with Crippen molar-refractivity contribution in [3.8, 4) is 0 Å². The Hall–Kier alpha value is 1.52. The Kier molecular flexibility index (Phi) is 45.1. The molecule has 2 heterocycles. The Morgan fingerprint density at radius 1 is 0.881 bits per heavy atom. The van der Waals surface area contributed by atoms with E-state index in [9.17, 15) is 14.7 Å². The number of hydrogen-bond acceptors (Lipinski definition) is 9. The zero-order chi connectivity index (χ0) is 31.0. The van der Waals surface area contributed by atoms with E-state index in [0.717, 1.165) is 36.7 Å². The van der Waals surface area contributed by atoms with Gasteiger partial charge in [0.1, 0.15) is 11.2 Å². The molecule has 0 spiro atoms. The number of ether oxygens (including phenoxy) is 2. The van der Waals surface area contributed by atoms with Crippen LogP contribution in [0.3, 0.4) is 0 Å². The molecule has 2 aliphatic rings. The number of nitrogens with one attached hydrogen (secondary N) is 2. The molecule has 2 amide bonds. The van der Waals surface area contributed by atoms with E-state index in [2.05, 4.69) is 42.1 Å². The quantitative estimate of drug-likeness (QED) is 0.128. The molecule has 0 bridgehead atoms. The first kappa shape index (κ1) is 55.9. The Bertz CT molecular complexity index is 582. The molecule has 2 aliphatic heterocycles.